The van der Waals surface area contributed by atoms with Gasteiger partial charge in [-0.3, -0.25) is 24.7 Å². The van der Waals surface area contributed by atoms with Crippen molar-refractivity contribution < 1.29 is 27.7 Å². The highest BCUT2D eigenvalue weighted by Crippen LogP contribution is 2.43. The molecule has 5 heterocycles. The number of carbonyl (C=O) groups excluding carboxylic acids is 1. The maximum atomic E-state index is 14.0. The Morgan fingerprint density at radius 3 is 2.45 bits per heavy atom. The molecule has 16 nitrogen and oxygen atoms in total. The number of nitrogens with one attached hydrogen (secondary N) is 2. The summed E-state index contributed by atoms with van der Waals surface area (Å²) in [6.07, 6.45) is 6.50. The van der Waals surface area contributed by atoms with E-state index in [1.54, 1.807) is 36.7 Å². The van der Waals surface area contributed by atoms with E-state index in [0.717, 1.165) is 87.2 Å². The van der Waals surface area contributed by atoms with Gasteiger partial charge in [0.1, 0.15) is 5.69 Å². The topological polar surface area (TPSA) is 168 Å². The molecule has 0 bridgehead atoms. The standard InChI is InChI=1S/C46H52ClN9O7S/c1-46(2)15-13-34(40(28-46)32-5-7-35(47)8-6-32)29-51-18-20-52(21-19-51)36-9-11-39(43(26-36)63-55-17-14-33-4-3-16-48-44(33)55)45(57)50-64(60,61)38-10-12-41(42(27-38)56(58)59)49-54-24-22-53(23-25-54)37-30-62-31-37/h3-12,14,16-17,26-27,37,49H,13,15,18-25,28-31H2,1-2H3,(H,50,57). The zero-order valence-electron chi connectivity index (χ0n) is 35.9. The van der Waals surface area contributed by atoms with Crippen LogP contribution in [-0.2, 0) is 14.8 Å². The van der Waals surface area contributed by atoms with Crippen LogP contribution < -0.4 is 19.9 Å². The van der Waals surface area contributed by atoms with Crippen LogP contribution in [0.1, 0.15) is 49.0 Å². The van der Waals surface area contributed by atoms with Crippen LogP contribution in [0.5, 0.6) is 5.75 Å². The number of carbonyl (C=O) groups is 1. The summed E-state index contributed by atoms with van der Waals surface area (Å²) in [4.78, 5) is 43.0. The summed E-state index contributed by atoms with van der Waals surface area (Å²) in [6.45, 7) is 12.8. The summed E-state index contributed by atoms with van der Waals surface area (Å²) >= 11 is 6.25. The lowest BCUT2D eigenvalue weighted by atomic mass is 9.72. The van der Waals surface area contributed by atoms with E-state index in [1.807, 2.05) is 29.3 Å². The molecule has 0 unspecified atom stereocenters. The minimum Gasteiger partial charge on any atom is -0.378 e. The third kappa shape index (κ3) is 9.60. The van der Waals surface area contributed by atoms with E-state index in [-0.39, 0.29) is 22.4 Å². The number of anilines is 2. The predicted octanol–water partition coefficient (Wildman–Crippen LogP) is 6.69. The van der Waals surface area contributed by atoms with Crippen molar-refractivity contribution in [3.05, 3.63) is 123 Å². The number of hydrogen-bond donors (Lipinski definition) is 2. The maximum absolute atomic E-state index is 14.0. The molecule has 1 amide bonds. The Kier molecular flexibility index (Phi) is 12.4. The van der Waals surface area contributed by atoms with Gasteiger partial charge < -0.3 is 19.9 Å². The number of allylic oxidation sites excluding steroid dienone is 1. The third-order valence-corrected chi connectivity index (χ3v) is 14.4. The average Bonchev–Trinajstić information content (AvgIpc) is 3.67. The van der Waals surface area contributed by atoms with Gasteiger partial charge in [-0.2, -0.15) is 4.73 Å². The second kappa shape index (κ2) is 18.1. The van der Waals surface area contributed by atoms with Crippen molar-refractivity contribution in [3.63, 3.8) is 0 Å². The van der Waals surface area contributed by atoms with Crippen LogP contribution in [0.2, 0.25) is 5.02 Å². The van der Waals surface area contributed by atoms with Crippen LogP contribution >= 0.6 is 11.6 Å². The smallest absolute Gasteiger partial charge is 0.295 e. The highest BCUT2D eigenvalue weighted by molar-refractivity contribution is 7.90. The second-order valence-corrected chi connectivity index (χ2v) is 19.8. The molecule has 4 aliphatic rings. The molecule has 0 radical (unpaired) electrons. The van der Waals surface area contributed by atoms with Crippen LogP contribution in [0.25, 0.3) is 16.6 Å². The fraction of sp³-hybridized carbons (Fsp3) is 0.391. The fourth-order valence-electron chi connectivity index (χ4n) is 8.95. The first kappa shape index (κ1) is 43.7. The zero-order valence-corrected chi connectivity index (χ0v) is 37.5. The summed E-state index contributed by atoms with van der Waals surface area (Å²) in [7, 11) is -4.58. The molecule has 9 rings (SSSR count). The van der Waals surface area contributed by atoms with Crippen LogP contribution in [-0.4, -0.2) is 122 Å². The number of piperazine rings is 2. The molecule has 64 heavy (non-hydrogen) atoms. The summed E-state index contributed by atoms with van der Waals surface area (Å²) in [6, 6.07) is 22.7. The fourth-order valence-corrected chi connectivity index (χ4v) is 10.1. The number of rotatable bonds is 13. The van der Waals surface area contributed by atoms with E-state index in [9.17, 15) is 23.3 Å². The van der Waals surface area contributed by atoms with Gasteiger partial charge in [-0.15, -0.1) is 0 Å². The third-order valence-electron chi connectivity index (χ3n) is 12.8. The predicted molar refractivity (Wildman–Crippen MR) is 246 cm³/mol. The number of sulfonamides is 1. The SMILES string of the molecule is CC1(C)CCC(CN2CCN(c3ccc(C(=O)NS(=O)(=O)c4ccc(NN5CCN(C6COC6)CC5)c([N+](=O)[O-])c4)c(On4ccc5cccnc54)c3)CC2)=C(c2ccc(Cl)cc2)C1. The maximum Gasteiger partial charge on any atom is 0.295 e. The van der Waals surface area contributed by atoms with Crippen LogP contribution in [0.3, 0.4) is 0 Å². The molecule has 0 atom stereocenters. The lowest BCUT2D eigenvalue weighted by molar-refractivity contribution is -0.384. The van der Waals surface area contributed by atoms with Crippen molar-refractivity contribution in [2.75, 3.05) is 82.4 Å². The molecular weight excluding hydrogens is 858 g/mol. The van der Waals surface area contributed by atoms with Crippen LogP contribution in [0.15, 0.2) is 102 Å². The Morgan fingerprint density at radius 2 is 1.73 bits per heavy atom. The quantitative estimate of drug-likeness (QED) is 0.0949. The Hall–Kier alpha value is -5.56. The lowest BCUT2D eigenvalue weighted by Gasteiger charge is -2.42. The number of nitro benzene ring substituents is 1. The van der Waals surface area contributed by atoms with E-state index in [4.69, 9.17) is 21.2 Å². The van der Waals surface area contributed by atoms with Gasteiger partial charge in [0, 0.05) is 99.5 Å². The van der Waals surface area contributed by atoms with Crippen molar-refractivity contribution in [3.8, 4) is 5.75 Å². The average molecular weight is 910 g/mol. The normalized spacial score (nSPS) is 19.1. The number of benzene rings is 3. The highest BCUT2D eigenvalue weighted by Gasteiger charge is 2.32. The second-order valence-electron chi connectivity index (χ2n) is 17.7. The summed E-state index contributed by atoms with van der Waals surface area (Å²) < 4.78 is 36.5. The molecule has 2 N–H and O–H groups in total. The summed E-state index contributed by atoms with van der Waals surface area (Å²) in [5.41, 5.74) is 8.39. The molecule has 5 aromatic rings. The summed E-state index contributed by atoms with van der Waals surface area (Å²) in [5.74, 6) is -0.857. The lowest BCUT2D eigenvalue weighted by Crippen LogP contribution is -2.57. The molecule has 2 aromatic heterocycles. The first-order chi connectivity index (χ1) is 30.8. The number of fused-ring (bicyclic) bond motifs is 1. The molecule has 3 saturated heterocycles. The molecular formula is C46H52ClN9O7S. The minimum absolute atomic E-state index is 0.0500. The van der Waals surface area contributed by atoms with E-state index >= 15 is 0 Å². The molecule has 3 aliphatic heterocycles. The van der Waals surface area contributed by atoms with Gasteiger partial charge in [0.25, 0.3) is 21.6 Å². The van der Waals surface area contributed by atoms with E-state index in [2.05, 4.69) is 55.8 Å². The first-order valence-electron chi connectivity index (χ1n) is 21.7. The van der Waals surface area contributed by atoms with E-state index in [0.29, 0.717) is 38.0 Å². The van der Waals surface area contributed by atoms with Crippen molar-refractivity contribution in [2.45, 2.75) is 44.0 Å². The number of aromatic nitrogens is 2. The summed E-state index contributed by atoms with van der Waals surface area (Å²) in [5, 5.41) is 15.6. The van der Waals surface area contributed by atoms with Crippen LogP contribution in [0, 0.1) is 15.5 Å². The number of pyridine rings is 1. The van der Waals surface area contributed by atoms with Crippen molar-refractivity contribution in [1.82, 2.24) is 29.2 Å². The molecule has 3 fully saturated rings. The van der Waals surface area contributed by atoms with E-state index < -0.39 is 31.4 Å². The Morgan fingerprint density at radius 1 is 0.969 bits per heavy atom. The number of nitrogens with zero attached hydrogens (tertiary/aromatic N) is 7. The largest absolute Gasteiger partial charge is 0.378 e. The molecule has 18 heteroatoms. The molecule has 0 spiro atoms. The molecule has 0 saturated carbocycles. The number of halogens is 1. The Balaban J connectivity index is 0.919. The van der Waals surface area contributed by atoms with Gasteiger partial charge in [0.05, 0.1) is 34.6 Å². The zero-order chi connectivity index (χ0) is 44.6. The van der Waals surface area contributed by atoms with Crippen molar-refractivity contribution in [1.29, 1.82) is 0 Å². The number of nitro groups is 1. The molecule has 336 valence electrons. The van der Waals surface area contributed by atoms with E-state index in [1.165, 1.54) is 33.6 Å². The number of hydrazine groups is 1. The van der Waals surface area contributed by atoms with Gasteiger partial charge in [-0.1, -0.05) is 43.2 Å². The van der Waals surface area contributed by atoms with Crippen molar-refractivity contribution >= 4 is 61.2 Å². The molecule has 3 aromatic carbocycles. The minimum atomic E-state index is -4.58. The number of amides is 1. The van der Waals surface area contributed by atoms with Gasteiger partial charge in [0.15, 0.2) is 11.4 Å². The number of hydrogen-bond acceptors (Lipinski definition) is 13. The van der Waals surface area contributed by atoms with Crippen molar-refractivity contribution in [2.24, 2.45) is 5.41 Å². The number of ether oxygens (including phenoxy) is 1. The van der Waals surface area contributed by atoms with Crippen LogP contribution in [0.4, 0.5) is 17.1 Å². The molecule has 1 aliphatic carbocycles. The van der Waals surface area contributed by atoms with Gasteiger partial charge in [-0.25, -0.2) is 23.1 Å². The monoisotopic (exact) mass is 909 g/mol. The first-order valence-corrected chi connectivity index (χ1v) is 23.5. The van der Waals surface area contributed by atoms with Gasteiger partial charge >= 0.3 is 0 Å². The highest BCUT2D eigenvalue weighted by atomic mass is 35.5. The Labute approximate surface area is 377 Å². The van der Waals surface area contributed by atoms with Gasteiger partial charge in [-0.05, 0) is 90.4 Å². The van der Waals surface area contributed by atoms with Gasteiger partial charge in [0.2, 0.25) is 0 Å². The Bertz CT molecular complexity index is 2690.